The van der Waals surface area contributed by atoms with Gasteiger partial charge in [0.05, 0.1) is 5.75 Å². The molecule has 1 aromatic carbocycles. The third-order valence-corrected chi connectivity index (χ3v) is 6.07. The van der Waals surface area contributed by atoms with Gasteiger partial charge >= 0.3 is 6.09 Å². The van der Waals surface area contributed by atoms with Crippen molar-refractivity contribution in [3.8, 4) is 0 Å². The summed E-state index contributed by atoms with van der Waals surface area (Å²) in [6.07, 6.45) is -0.414. The Kier molecular flexibility index (Phi) is 6.01. The number of benzene rings is 1. The third-order valence-electron chi connectivity index (χ3n) is 3.91. The monoisotopic (exact) mass is 388 g/mol. The second kappa shape index (κ2) is 7.51. The topological polar surface area (TPSA) is 66.9 Å². The molecule has 0 aliphatic carbocycles. The van der Waals surface area contributed by atoms with Gasteiger partial charge in [0, 0.05) is 30.7 Å². The molecule has 0 unspecified atom stereocenters. The first kappa shape index (κ1) is 20.0. The molecule has 25 heavy (non-hydrogen) atoms. The minimum Gasteiger partial charge on any atom is -0.444 e. The van der Waals surface area contributed by atoms with Crippen LogP contribution in [-0.2, 0) is 20.5 Å². The van der Waals surface area contributed by atoms with Crippen LogP contribution in [0.15, 0.2) is 24.3 Å². The van der Waals surface area contributed by atoms with E-state index in [1.807, 2.05) is 6.92 Å². The first-order chi connectivity index (χ1) is 11.5. The van der Waals surface area contributed by atoms with Crippen LogP contribution in [0.4, 0.5) is 4.79 Å². The fraction of sp³-hybridized carbons (Fsp3) is 0.588. The molecule has 0 saturated carbocycles. The molecule has 2 rings (SSSR count). The Labute approximate surface area is 154 Å². The predicted octanol–water partition coefficient (Wildman–Crippen LogP) is 3.11. The molecule has 1 aliphatic rings. The molecule has 6 nitrogen and oxygen atoms in total. The molecule has 1 aliphatic heterocycles. The van der Waals surface area contributed by atoms with Gasteiger partial charge in [-0.3, -0.25) is 0 Å². The smallest absolute Gasteiger partial charge is 0.410 e. The number of piperazine rings is 1. The Morgan fingerprint density at radius 2 is 1.92 bits per heavy atom. The summed E-state index contributed by atoms with van der Waals surface area (Å²) < 4.78 is 32.2. The number of sulfonamides is 1. The van der Waals surface area contributed by atoms with E-state index < -0.39 is 21.7 Å². The lowest BCUT2D eigenvalue weighted by Crippen LogP contribution is -2.56. The van der Waals surface area contributed by atoms with E-state index in [0.29, 0.717) is 17.1 Å². The average molecular weight is 389 g/mol. The van der Waals surface area contributed by atoms with Gasteiger partial charge in [0.25, 0.3) is 0 Å². The molecule has 0 aromatic heterocycles. The Morgan fingerprint density at radius 1 is 1.28 bits per heavy atom. The number of ether oxygens (including phenoxy) is 1. The van der Waals surface area contributed by atoms with Crippen molar-refractivity contribution in [2.75, 3.05) is 19.6 Å². The van der Waals surface area contributed by atoms with Crippen LogP contribution in [0.1, 0.15) is 33.3 Å². The number of hydrogen-bond acceptors (Lipinski definition) is 4. The summed E-state index contributed by atoms with van der Waals surface area (Å²) in [4.78, 5) is 13.8. The minimum absolute atomic E-state index is 0.147. The van der Waals surface area contributed by atoms with Crippen molar-refractivity contribution in [1.29, 1.82) is 0 Å². The Balaban J connectivity index is 2.04. The summed E-state index contributed by atoms with van der Waals surface area (Å²) >= 11 is 6.07. The molecule has 140 valence electrons. The normalized spacial score (nSPS) is 19.7. The summed E-state index contributed by atoms with van der Waals surface area (Å²) in [6, 6.07) is 6.65. The quantitative estimate of drug-likeness (QED) is 0.797. The van der Waals surface area contributed by atoms with E-state index in [4.69, 9.17) is 16.3 Å². The molecule has 0 N–H and O–H groups in total. The van der Waals surface area contributed by atoms with Crippen LogP contribution in [0.2, 0.25) is 5.02 Å². The van der Waals surface area contributed by atoms with Gasteiger partial charge in [0.2, 0.25) is 10.0 Å². The second-order valence-corrected chi connectivity index (χ2v) is 9.60. The molecular formula is C17H25ClN2O4S. The van der Waals surface area contributed by atoms with Crippen molar-refractivity contribution >= 4 is 27.7 Å². The fourth-order valence-corrected chi connectivity index (χ4v) is 4.58. The van der Waals surface area contributed by atoms with Gasteiger partial charge in [-0.1, -0.05) is 29.8 Å². The molecular weight excluding hydrogens is 364 g/mol. The largest absolute Gasteiger partial charge is 0.444 e. The number of amides is 1. The number of carbonyl (C=O) groups is 1. The van der Waals surface area contributed by atoms with E-state index in [-0.39, 0.29) is 24.9 Å². The molecule has 1 aromatic rings. The summed E-state index contributed by atoms with van der Waals surface area (Å²) in [5.74, 6) is -0.147. The highest BCUT2D eigenvalue weighted by Gasteiger charge is 2.35. The predicted molar refractivity (Wildman–Crippen MR) is 98.1 cm³/mol. The first-order valence-electron chi connectivity index (χ1n) is 8.20. The van der Waals surface area contributed by atoms with Crippen molar-refractivity contribution in [3.63, 3.8) is 0 Å². The van der Waals surface area contributed by atoms with E-state index >= 15 is 0 Å². The minimum atomic E-state index is -3.51. The fourth-order valence-electron chi connectivity index (χ4n) is 2.67. The second-order valence-electron chi connectivity index (χ2n) is 7.23. The molecule has 0 spiro atoms. The number of hydrogen-bond donors (Lipinski definition) is 0. The van der Waals surface area contributed by atoms with E-state index in [0.717, 1.165) is 0 Å². The molecule has 1 atom stereocenters. The van der Waals surface area contributed by atoms with Gasteiger partial charge in [0.1, 0.15) is 5.60 Å². The summed E-state index contributed by atoms with van der Waals surface area (Å²) in [7, 11) is -3.51. The summed E-state index contributed by atoms with van der Waals surface area (Å²) in [6.45, 7) is 8.03. The van der Waals surface area contributed by atoms with Crippen LogP contribution in [0.5, 0.6) is 0 Å². The van der Waals surface area contributed by atoms with Crippen LogP contribution < -0.4 is 0 Å². The average Bonchev–Trinajstić information content (AvgIpc) is 2.47. The van der Waals surface area contributed by atoms with Crippen LogP contribution >= 0.6 is 11.6 Å². The molecule has 0 bridgehead atoms. The van der Waals surface area contributed by atoms with E-state index in [1.54, 1.807) is 49.9 Å². The van der Waals surface area contributed by atoms with E-state index in [2.05, 4.69) is 0 Å². The molecule has 1 amide bonds. The zero-order valence-corrected chi connectivity index (χ0v) is 16.6. The van der Waals surface area contributed by atoms with Crippen LogP contribution in [0.3, 0.4) is 0 Å². The molecule has 1 saturated heterocycles. The zero-order valence-electron chi connectivity index (χ0n) is 15.0. The molecule has 8 heteroatoms. The Hall–Kier alpha value is -1.31. The van der Waals surface area contributed by atoms with Gasteiger partial charge in [0.15, 0.2) is 0 Å². The highest BCUT2D eigenvalue weighted by molar-refractivity contribution is 7.88. The summed E-state index contributed by atoms with van der Waals surface area (Å²) in [5.41, 5.74) is -0.00393. The van der Waals surface area contributed by atoms with E-state index in [1.165, 1.54) is 4.31 Å². The van der Waals surface area contributed by atoms with Crippen LogP contribution in [0.25, 0.3) is 0 Å². The van der Waals surface area contributed by atoms with Gasteiger partial charge in [-0.2, -0.15) is 4.31 Å². The van der Waals surface area contributed by atoms with Crippen molar-refractivity contribution in [2.24, 2.45) is 0 Å². The molecule has 1 fully saturated rings. The van der Waals surface area contributed by atoms with Gasteiger partial charge in [-0.15, -0.1) is 0 Å². The maximum absolute atomic E-state index is 12.7. The van der Waals surface area contributed by atoms with E-state index in [9.17, 15) is 13.2 Å². The zero-order chi connectivity index (χ0) is 18.8. The van der Waals surface area contributed by atoms with Crippen LogP contribution in [-0.4, -0.2) is 55.0 Å². The highest BCUT2D eigenvalue weighted by atomic mass is 35.5. The van der Waals surface area contributed by atoms with Gasteiger partial charge in [-0.25, -0.2) is 13.2 Å². The third kappa shape index (κ3) is 5.33. The van der Waals surface area contributed by atoms with Crippen LogP contribution in [0, 0.1) is 0 Å². The van der Waals surface area contributed by atoms with Crippen molar-refractivity contribution in [3.05, 3.63) is 34.9 Å². The number of halogens is 1. The lowest BCUT2D eigenvalue weighted by atomic mass is 10.2. The number of carbonyl (C=O) groups excluding carboxylic acids is 1. The summed E-state index contributed by atoms with van der Waals surface area (Å²) in [5, 5.41) is 0.437. The lowest BCUT2D eigenvalue weighted by molar-refractivity contribution is 0.00857. The van der Waals surface area contributed by atoms with Crippen molar-refractivity contribution in [2.45, 2.75) is 45.1 Å². The van der Waals surface area contributed by atoms with Crippen molar-refractivity contribution < 1.29 is 17.9 Å². The standard InChI is InChI=1S/C17H25ClN2O4S/c1-13-11-19(9-10-20(13)16(21)24-17(2,3)4)25(22,23)12-14-7-5-6-8-15(14)18/h5-8,13H,9-12H2,1-4H3/t13-/m1/s1. The van der Waals surface area contributed by atoms with Crippen molar-refractivity contribution in [1.82, 2.24) is 9.21 Å². The Bertz CT molecular complexity index is 730. The maximum Gasteiger partial charge on any atom is 0.410 e. The lowest BCUT2D eigenvalue weighted by Gasteiger charge is -2.39. The maximum atomic E-state index is 12.7. The van der Waals surface area contributed by atoms with Gasteiger partial charge < -0.3 is 9.64 Å². The first-order valence-corrected chi connectivity index (χ1v) is 10.2. The number of nitrogens with zero attached hydrogens (tertiary/aromatic N) is 2. The number of rotatable bonds is 3. The molecule has 0 radical (unpaired) electrons. The Morgan fingerprint density at radius 3 is 2.48 bits per heavy atom. The molecule has 1 heterocycles. The van der Waals surface area contributed by atoms with Gasteiger partial charge in [-0.05, 0) is 39.3 Å². The SMILES string of the molecule is C[C@@H]1CN(S(=O)(=O)Cc2ccccc2Cl)CCN1C(=O)OC(C)(C)C. The highest BCUT2D eigenvalue weighted by Crippen LogP contribution is 2.22.